The minimum atomic E-state index is -2.70. The second kappa shape index (κ2) is 8.16. The third kappa shape index (κ3) is 3.13. The lowest BCUT2D eigenvalue weighted by Gasteiger charge is -2.53. The van der Waals surface area contributed by atoms with Crippen molar-refractivity contribution in [1.29, 1.82) is 0 Å². The molecule has 0 aromatic heterocycles. The van der Waals surface area contributed by atoms with Gasteiger partial charge in [0.1, 0.15) is 17.9 Å². The topological polar surface area (TPSA) is 175 Å². The van der Waals surface area contributed by atoms with Crippen LogP contribution in [0.5, 0.6) is 5.75 Å². The number of hydrogen-bond acceptors (Lipinski definition) is 10. The number of phenols is 1. The molecule has 3 unspecified atom stereocenters. The van der Waals surface area contributed by atoms with Crippen LogP contribution in [-0.4, -0.2) is 81.1 Å². The zero-order valence-corrected chi connectivity index (χ0v) is 19.1. The molecule has 0 saturated heterocycles. The minimum Gasteiger partial charge on any atom is -0.507 e. The van der Waals surface area contributed by atoms with Crippen molar-refractivity contribution in [3.05, 3.63) is 28.8 Å². The summed E-state index contributed by atoms with van der Waals surface area (Å²) in [7, 11) is 3.10. The number of carbonyl (C=O) groups is 5. The Bertz CT molecular complexity index is 1130. The fourth-order valence-electron chi connectivity index (χ4n) is 6.14. The summed E-state index contributed by atoms with van der Waals surface area (Å²) >= 11 is 0. The molecule has 0 bridgehead atoms. The predicted molar refractivity (Wildman–Crippen MR) is 117 cm³/mol. The molecule has 182 valence electrons. The maximum absolute atomic E-state index is 13.7. The summed E-state index contributed by atoms with van der Waals surface area (Å²) in [5, 5.41) is 31.9. The smallest absolute Gasteiger partial charge is 0.187 e. The van der Waals surface area contributed by atoms with Crippen LogP contribution in [0.2, 0.25) is 0 Å². The number of carbonyl (C=O) groups excluding carboxylic acids is 5. The van der Waals surface area contributed by atoms with Crippen molar-refractivity contribution in [1.82, 2.24) is 4.90 Å². The average Bonchev–Trinajstić information content (AvgIpc) is 2.75. The molecule has 3 aliphatic rings. The van der Waals surface area contributed by atoms with Gasteiger partial charge in [-0.3, -0.25) is 28.9 Å². The van der Waals surface area contributed by atoms with Crippen LogP contribution >= 0.6 is 0 Å². The molecule has 2 fully saturated rings. The third-order valence-electron chi connectivity index (χ3n) is 7.67. The van der Waals surface area contributed by atoms with E-state index in [-0.39, 0.29) is 41.9 Å². The Labute approximate surface area is 195 Å². The number of aliphatic hydroxyl groups is 2. The summed E-state index contributed by atoms with van der Waals surface area (Å²) in [6, 6.07) is 1.56. The number of Topliss-reactive ketones (excluding diaryl/α,β-unsaturated/α-hetero) is 5. The zero-order chi connectivity index (χ0) is 25.3. The Morgan fingerprint density at radius 2 is 1.85 bits per heavy atom. The molecular formula is C24H28N2O8. The quantitative estimate of drug-likeness (QED) is 0.248. The molecular weight excluding hydrogens is 444 g/mol. The number of aromatic hydroxyl groups is 1. The molecule has 0 amide bonds. The lowest BCUT2D eigenvalue weighted by molar-refractivity contribution is -0.184. The molecule has 1 aromatic rings. The Hall–Kier alpha value is -2.79. The Morgan fingerprint density at radius 1 is 1.21 bits per heavy atom. The fraction of sp³-hybridized carbons (Fsp3) is 0.542. The normalized spacial score (nSPS) is 33.9. The van der Waals surface area contributed by atoms with E-state index < -0.39 is 64.7 Å². The van der Waals surface area contributed by atoms with E-state index in [1.54, 1.807) is 21.0 Å². The molecule has 2 saturated carbocycles. The van der Waals surface area contributed by atoms with E-state index in [1.807, 2.05) is 0 Å². The van der Waals surface area contributed by atoms with E-state index in [2.05, 4.69) is 0 Å². The first-order valence-electron chi connectivity index (χ1n) is 11.2. The van der Waals surface area contributed by atoms with E-state index in [4.69, 9.17) is 5.73 Å². The van der Waals surface area contributed by atoms with Crippen molar-refractivity contribution in [2.24, 2.45) is 29.4 Å². The Morgan fingerprint density at radius 3 is 2.41 bits per heavy atom. The number of rotatable bonds is 4. The monoisotopic (exact) mass is 472 g/mol. The second-order valence-electron chi connectivity index (χ2n) is 9.68. The van der Waals surface area contributed by atoms with E-state index in [0.717, 1.165) is 0 Å². The first-order chi connectivity index (χ1) is 15.9. The maximum atomic E-state index is 13.7. The van der Waals surface area contributed by atoms with Gasteiger partial charge in [0.05, 0.1) is 17.5 Å². The second-order valence-corrected chi connectivity index (χ2v) is 9.68. The summed E-state index contributed by atoms with van der Waals surface area (Å²) in [5.41, 5.74) is 3.23. The molecule has 0 spiro atoms. The summed E-state index contributed by atoms with van der Waals surface area (Å²) in [6.07, 6.45) is -1.69. The highest BCUT2D eigenvalue weighted by Crippen LogP contribution is 2.51. The highest BCUT2D eigenvalue weighted by molar-refractivity contribution is 6.27. The number of nitrogens with two attached hydrogens (primary N) is 1. The molecule has 5 N–H and O–H groups in total. The third-order valence-corrected chi connectivity index (χ3v) is 7.67. The number of fused-ring (bicyclic) bond motifs is 3. The summed E-state index contributed by atoms with van der Waals surface area (Å²) in [5.74, 6) is -9.48. The van der Waals surface area contributed by atoms with Gasteiger partial charge in [0.25, 0.3) is 0 Å². The molecule has 34 heavy (non-hydrogen) atoms. The van der Waals surface area contributed by atoms with Crippen LogP contribution in [-0.2, 0) is 20.8 Å². The van der Waals surface area contributed by atoms with Crippen molar-refractivity contribution in [3.63, 3.8) is 0 Å². The van der Waals surface area contributed by atoms with Crippen LogP contribution in [0, 0.1) is 23.7 Å². The van der Waals surface area contributed by atoms with Crippen molar-refractivity contribution in [2.45, 2.75) is 44.1 Å². The van der Waals surface area contributed by atoms with Crippen LogP contribution in [0.1, 0.15) is 46.0 Å². The first kappa shape index (κ1) is 24.3. The van der Waals surface area contributed by atoms with Gasteiger partial charge in [-0.15, -0.1) is 0 Å². The van der Waals surface area contributed by atoms with Crippen molar-refractivity contribution in [2.75, 3.05) is 14.1 Å². The molecule has 3 aliphatic carbocycles. The van der Waals surface area contributed by atoms with Crippen LogP contribution in [0.25, 0.3) is 0 Å². The van der Waals surface area contributed by atoms with Crippen LogP contribution in [0.3, 0.4) is 0 Å². The summed E-state index contributed by atoms with van der Waals surface area (Å²) in [6.45, 7) is 1.67. The van der Waals surface area contributed by atoms with Gasteiger partial charge in [-0.25, -0.2) is 0 Å². The number of ketones is 5. The van der Waals surface area contributed by atoms with Crippen LogP contribution in [0.4, 0.5) is 0 Å². The van der Waals surface area contributed by atoms with Crippen molar-refractivity contribution in [3.8, 4) is 5.75 Å². The minimum absolute atomic E-state index is 0.0266. The van der Waals surface area contributed by atoms with Crippen molar-refractivity contribution < 1.29 is 39.3 Å². The predicted octanol–water partition coefficient (Wildman–Crippen LogP) is -0.748. The molecule has 7 atom stereocenters. The van der Waals surface area contributed by atoms with E-state index in [9.17, 15) is 39.3 Å². The summed E-state index contributed by atoms with van der Waals surface area (Å²) in [4.78, 5) is 67.5. The van der Waals surface area contributed by atoms with Gasteiger partial charge >= 0.3 is 0 Å². The number of aliphatic hydroxyl groups excluding tert-OH is 1. The van der Waals surface area contributed by atoms with Gasteiger partial charge in [0.2, 0.25) is 0 Å². The van der Waals surface area contributed by atoms with Gasteiger partial charge in [-0.2, -0.15) is 0 Å². The standard InChI is InChI=1S/C24H28N2O8/c1-4-13(27)10-5-6-14(28)16-11(10)7-9-8-12-18(26(2)3)20(30)17(23(25)33)22(32)24(12,34)21(31)15(9)19(16)29/h5-6,9,12,15,17-18,23,28,33-34H,4,7-8,25H2,1-3H3/t9-,12-,15?,17?,18-,23?,24-/m0/s1. The van der Waals surface area contributed by atoms with Gasteiger partial charge in [-0.1, -0.05) is 6.92 Å². The summed E-state index contributed by atoms with van der Waals surface area (Å²) < 4.78 is 0. The Balaban J connectivity index is 1.88. The number of nitrogens with zero attached hydrogens (tertiary/aromatic N) is 1. The highest BCUT2D eigenvalue weighted by atomic mass is 16.3. The molecule has 0 heterocycles. The lowest BCUT2D eigenvalue weighted by Crippen LogP contribution is -2.74. The van der Waals surface area contributed by atoms with Gasteiger partial charge in [0, 0.05) is 17.9 Å². The fourth-order valence-corrected chi connectivity index (χ4v) is 6.14. The van der Waals surface area contributed by atoms with Gasteiger partial charge in [0.15, 0.2) is 34.5 Å². The highest BCUT2D eigenvalue weighted by Gasteiger charge is 2.69. The first-order valence-corrected chi connectivity index (χ1v) is 11.2. The zero-order valence-electron chi connectivity index (χ0n) is 19.1. The van der Waals surface area contributed by atoms with Gasteiger partial charge < -0.3 is 21.1 Å². The van der Waals surface area contributed by atoms with Crippen molar-refractivity contribution >= 4 is 28.9 Å². The lowest BCUT2D eigenvalue weighted by atomic mass is 9.52. The van der Waals surface area contributed by atoms with Crippen LogP contribution < -0.4 is 5.73 Å². The van der Waals surface area contributed by atoms with Gasteiger partial charge in [-0.05, 0) is 50.6 Å². The number of phenolic OH excluding ortho intramolecular Hbond substituents is 1. The van der Waals surface area contributed by atoms with E-state index >= 15 is 0 Å². The molecule has 10 nitrogen and oxygen atoms in total. The molecule has 1 aromatic carbocycles. The molecule has 10 heteroatoms. The van der Waals surface area contributed by atoms with E-state index in [0.29, 0.717) is 5.56 Å². The van der Waals surface area contributed by atoms with E-state index in [1.165, 1.54) is 17.0 Å². The van der Waals surface area contributed by atoms with Crippen LogP contribution in [0.15, 0.2) is 12.1 Å². The molecule has 0 aliphatic heterocycles. The SMILES string of the molecule is CCC(=O)c1ccc(O)c2c1C[C@H]1C[C@H]3[C@H](N(C)C)C(=O)C(C(N)O)C(=O)[C@@]3(O)C(=O)C1C2=O. The number of likely N-dealkylation sites (N-methyl/N-ethyl adjacent to an activating group) is 1. The number of benzene rings is 1. The molecule has 0 radical (unpaired) electrons. The molecule has 4 rings (SSSR count). The average molecular weight is 472 g/mol. The Kier molecular flexibility index (Phi) is 5.84. The maximum Gasteiger partial charge on any atom is 0.187 e. The largest absolute Gasteiger partial charge is 0.507 e. The number of hydrogen-bond donors (Lipinski definition) is 4.